The van der Waals surface area contributed by atoms with Crippen LogP contribution in [0.4, 0.5) is 4.39 Å². The monoisotopic (exact) mass is 213 g/mol. The van der Waals surface area contributed by atoms with Gasteiger partial charge in [-0.3, -0.25) is 16.3 Å². The number of ether oxygens (including phenoxy) is 1. The summed E-state index contributed by atoms with van der Waals surface area (Å²) in [5.74, 6) is 4.98. The van der Waals surface area contributed by atoms with E-state index in [4.69, 9.17) is 10.6 Å². The minimum Gasteiger partial charge on any atom is -0.379 e. The zero-order valence-electron chi connectivity index (χ0n) is 8.74. The molecule has 0 aromatic carbocycles. The number of hydrogen-bond donors (Lipinski definition) is 2. The highest BCUT2D eigenvalue weighted by molar-refractivity contribution is 5.14. The number of pyridine rings is 1. The highest BCUT2D eigenvalue weighted by Gasteiger charge is 2.10. The summed E-state index contributed by atoms with van der Waals surface area (Å²) in [6, 6.07) is 1.17. The van der Waals surface area contributed by atoms with Crippen LogP contribution in [0.15, 0.2) is 18.5 Å². The third-order valence-electron chi connectivity index (χ3n) is 1.96. The summed E-state index contributed by atoms with van der Waals surface area (Å²) < 4.78 is 18.2. The molecule has 1 rings (SSSR count). The molecule has 0 fully saturated rings. The molecule has 1 aromatic rings. The first kappa shape index (κ1) is 12.0. The highest BCUT2D eigenvalue weighted by Crippen LogP contribution is 2.12. The molecule has 0 radical (unpaired) electrons. The van der Waals surface area contributed by atoms with Crippen LogP contribution in [-0.2, 0) is 4.74 Å². The summed E-state index contributed by atoms with van der Waals surface area (Å²) in [5.41, 5.74) is 3.26. The van der Waals surface area contributed by atoms with Gasteiger partial charge in [-0.2, -0.15) is 0 Å². The van der Waals surface area contributed by atoms with Crippen LogP contribution in [0.25, 0.3) is 0 Å². The molecule has 1 unspecified atom stereocenters. The van der Waals surface area contributed by atoms with Crippen molar-refractivity contribution >= 4 is 0 Å². The Balaban J connectivity index is 2.57. The Hall–Kier alpha value is -1.04. The normalized spacial score (nSPS) is 12.7. The van der Waals surface area contributed by atoms with Crippen molar-refractivity contribution in [2.75, 3.05) is 13.2 Å². The van der Waals surface area contributed by atoms with E-state index in [1.165, 1.54) is 6.07 Å². The average Bonchev–Trinajstić information content (AvgIpc) is 2.24. The van der Waals surface area contributed by atoms with Crippen molar-refractivity contribution in [2.45, 2.75) is 19.4 Å². The van der Waals surface area contributed by atoms with Gasteiger partial charge < -0.3 is 4.74 Å². The van der Waals surface area contributed by atoms with Crippen LogP contribution in [0.5, 0.6) is 0 Å². The minimum atomic E-state index is -0.372. The topological polar surface area (TPSA) is 60.2 Å². The molecular formula is C10H16FN3O. The minimum absolute atomic E-state index is 0.222. The average molecular weight is 213 g/mol. The standard InChI is InChI=1S/C10H16FN3O/c1-2-3-15-7-10(14-12)8-4-9(11)6-13-5-8/h4-6,10,14H,2-3,7,12H2,1H3. The molecule has 0 aliphatic rings. The van der Waals surface area contributed by atoms with E-state index in [0.29, 0.717) is 18.8 Å². The fourth-order valence-electron chi connectivity index (χ4n) is 1.20. The van der Waals surface area contributed by atoms with Gasteiger partial charge in [0.1, 0.15) is 5.82 Å². The van der Waals surface area contributed by atoms with Crippen LogP contribution < -0.4 is 11.3 Å². The summed E-state index contributed by atoms with van der Waals surface area (Å²) in [7, 11) is 0. The molecule has 0 amide bonds. The largest absolute Gasteiger partial charge is 0.379 e. The molecule has 1 heterocycles. The Morgan fingerprint density at radius 1 is 1.60 bits per heavy atom. The van der Waals surface area contributed by atoms with Crippen molar-refractivity contribution in [1.29, 1.82) is 0 Å². The number of rotatable bonds is 6. The van der Waals surface area contributed by atoms with Crippen molar-refractivity contribution in [3.63, 3.8) is 0 Å². The molecule has 0 saturated heterocycles. The Labute approximate surface area is 88.6 Å². The van der Waals surface area contributed by atoms with E-state index >= 15 is 0 Å². The quantitative estimate of drug-likeness (QED) is 0.423. The van der Waals surface area contributed by atoms with Crippen molar-refractivity contribution in [1.82, 2.24) is 10.4 Å². The van der Waals surface area contributed by atoms with Gasteiger partial charge >= 0.3 is 0 Å². The van der Waals surface area contributed by atoms with Crippen LogP contribution in [0.3, 0.4) is 0 Å². The maximum Gasteiger partial charge on any atom is 0.141 e. The summed E-state index contributed by atoms with van der Waals surface area (Å²) in [6.07, 6.45) is 3.67. The van der Waals surface area contributed by atoms with Gasteiger partial charge in [0.15, 0.2) is 0 Å². The lowest BCUT2D eigenvalue weighted by atomic mass is 10.1. The number of hydrazine groups is 1. The number of halogens is 1. The zero-order valence-corrected chi connectivity index (χ0v) is 8.74. The molecule has 1 aromatic heterocycles. The van der Waals surface area contributed by atoms with Gasteiger partial charge in [-0.05, 0) is 18.1 Å². The Kier molecular flexibility index (Phi) is 5.17. The van der Waals surface area contributed by atoms with E-state index in [1.807, 2.05) is 6.92 Å². The molecule has 5 heteroatoms. The molecule has 84 valence electrons. The van der Waals surface area contributed by atoms with Gasteiger partial charge in [-0.15, -0.1) is 0 Å². The number of nitrogens with zero attached hydrogens (tertiary/aromatic N) is 1. The summed E-state index contributed by atoms with van der Waals surface area (Å²) in [6.45, 7) is 3.10. The third kappa shape index (κ3) is 3.91. The lowest BCUT2D eigenvalue weighted by Gasteiger charge is -2.15. The zero-order chi connectivity index (χ0) is 11.1. The number of nitrogens with one attached hydrogen (secondary N) is 1. The fraction of sp³-hybridized carbons (Fsp3) is 0.500. The fourth-order valence-corrected chi connectivity index (χ4v) is 1.20. The van der Waals surface area contributed by atoms with Crippen LogP contribution in [0.2, 0.25) is 0 Å². The smallest absolute Gasteiger partial charge is 0.141 e. The van der Waals surface area contributed by atoms with Crippen molar-refractivity contribution in [3.05, 3.63) is 29.8 Å². The maximum absolute atomic E-state index is 12.9. The van der Waals surface area contributed by atoms with Crippen LogP contribution in [-0.4, -0.2) is 18.2 Å². The highest BCUT2D eigenvalue weighted by atomic mass is 19.1. The second-order valence-electron chi connectivity index (χ2n) is 3.23. The molecule has 0 bridgehead atoms. The van der Waals surface area contributed by atoms with E-state index in [2.05, 4.69) is 10.4 Å². The van der Waals surface area contributed by atoms with Gasteiger partial charge in [-0.25, -0.2) is 4.39 Å². The van der Waals surface area contributed by atoms with Crippen molar-refractivity contribution < 1.29 is 9.13 Å². The lowest BCUT2D eigenvalue weighted by molar-refractivity contribution is 0.112. The van der Waals surface area contributed by atoms with E-state index in [-0.39, 0.29) is 11.9 Å². The van der Waals surface area contributed by atoms with Gasteiger partial charge in [0.25, 0.3) is 0 Å². The molecule has 0 saturated carbocycles. The number of hydrogen-bond acceptors (Lipinski definition) is 4. The predicted octanol–water partition coefficient (Wildman–Crippen LogP) is 1.15. The van der Waals surface area contributed by atoms with E-state index < -0.39 is 0 Å². The summed E-state index contributed by atoms with van der Waals surface area (Å²) in [5, 5.41) is 0. The Morgan fingerprint density at radius 2 is 2.40 bits per heavy atom. The van der Waals surface area contributed by atoms with Gasteiger partial charge in [0, 0.05) is 12.8 Å². The third-order valence-corrected chi connectivity index (χ3v) is 1.96. The number of aromatic nitrogens is 1. The SMILES string of the molecule is CCCOCC(NN)c1cncc(F)c1. The molecule has 4 nitrogen and oxygen atoms in total. The van der Waals surface area contributed by atoms with E-state index in [0.717, 1.165) is 12.6 Å². The first-order chi connectivity index (χ1) is 7.27. The second kappa shape index (κ2) is 6.44. The molecule has 0 aliphatic heterocycles. The summed E-state index contributed by atoms with van der Waals surface area (Å²) >= 11 is 0. The molecule has 0 spiro atoms. The molecular weight excluding hydrogens is 197 g/mol. The molecule has 0 aliphatic carbocycles. The van der Waals surface area contributed by atoms with Gasteiger partial charge in [0.2, 0.25) is 0 Å². The maximum atomic E-state index is 12.9. The first-order valence-electron chi connectivity index (χ1n) is 4.92. The van der Waals surface area contributed by atoms with Crippen molar-refractivity contribution in [2.24, 2.45) is 5.84 Å². The van der Waals surface area contributed by atoms with Gasteiger partial charge in [0.05, 0.1) is 18.8 Å². The molecule has 1 atom stereocenters. The van der Waals surface area contributed by atoms with Gasteiger partial charge in [-0.1, -0.05) is 6.92 Å². The van der Waals surface area contributed by atoms with E-state index in [1.54, 1.807) is 6.20 Å². The van der Waals surface area contributed by atoms with E-state index in [9.17, 15) is 4.39 Å². The first-order valence-corrected chi connectivity index (χ1v) is 4.92. The van der Waals surface area contributed by atoms with Crippen molar-refractivity contribution in [3.8, 4) is 0 Å². The van der Waals surface area contributed by atoms with Crippen LogP contribution in [0, 0.1) is 5.82 Å². The van der Waals surface area contributed by atoms with Crippen LogP contribution in [0.1, 0.15) is 24.9 Å². The predicted molar refractivity (Wildman–Crippen MR) is 55.4 cm³/mol. The molecule has 3 N–H and O–H groups in total. The number of nitrogens with two attached hydrogens (primary N) is 1. The Bertz CT molecular complexity index is 296. The second-order valence-corrected chi connectivity index (χ2v) is 3.23. The lowest BCUT2D eigenvalue weighted by Crippen LogP contribution is -2.31. The molecule has 15 heavy (non-hydrogen) atoms. The summed E-state index contributed by atoms with van der Waals surface area (Å²) in [4.78, 5) is 3.76. The van der Waals surface area contributed by atoms with Crippen LogP contribution >= 0.6 is 0 Å². The Morgan fingerprint density at radius 3 is 3.00 bits per heavy atom.